The van der Waals surface area contributed by atoms with Crippen molar-refractivity contribution in [3.63, 3.8) is 0 Å². The van der Waals surface area contributed by atoms with Crippen molar-refractivity contribution in [2.75, 3.05) is 25.1 Å². The summed E-state index contributed by atoms with van der Waals surface area (Å²) in [6, 6.07) is 3.73. The summed E-state index contributed by atoms with van der Waals surface area (Å²) in [4.78, 5) is 0. The van der Waals surface area contributed by atoms with Gasteiger partial charge >= 0.3 is 6.18 Å². The molecule has 1 aromatic rings. The summed E-state index contributed by atoms with van der Waals surface area (Å²) >= 11 is 5.49. The molecule has 2 nitrogen and oxygen atoms in total. The summed E-state index contributed by atoms with van der Waals surface area (Å²) in [7, 11) is 0. The van der Waals surface area contributed by atoms with E-state index in [1.165, 1.54) is 12.1 Å². The maximum absolute atomic E-state index is 12.5. The lowest BCUT2D eigenvalue weighted by Gasteiger charge is -2.12. The number of hydrogen-bond acceptors (Lipinski definition) is 2. The Morgan fingerprint density at radius 3 is 2.65 bits per heavy atom. The predicted octanol–water partition coefficient (Wildman–Crippen LogP) is 3.81. The first kappa shape index (κ1) is 14.1. The molecule has 0 bridgehead atoms. The molecule has 0 aliphatic heterocycles. The molecule has 1 N–H and O–H groups in total. The number of benzene rings is 1. The molecule has 0 saturated heterocycles. The fourth-order valence-corrected chi connectivity index (χ4v) is 1.49. The Morgan fingerprint density at radius 2 is 2.06 bits per heavy atom. The zero-order valence-electron chi connectivity index (χ0n) is 9.27. The molecule has 0 fully saturated rings. The lowest BCUT2D eigenvalue weighted by atomic mass is 10.2. The maximum Gasteiger partial charge on any atom is 0.417 e. The molecule has 6 heteroatoms. The van der Waals surface area contributed by atoms with Gasteiger partial charge in [-0.2, -0.15) is 13.2 Å². The van der Waals surface area contributed by atoms with E-state index in [2.05, 4.69) is 5.32 Å². The monoisotopic (exact) mass is 267 g/mol. The van der Waals surface area contributed by atoms with Gasteiger partial charge in [0.1, 0.15) is 0 Å². The lowest BCUT2D eigenvalue weighted by molar-refractivity contribution is -0.137. The van der Waals surface area contributed by atoms with E-state index in [0.29, 0.717) is 25.4 Å². The Labute approximate surface area is 103 Å². The van der Waals surface area contributed by atoms with Crippen molar-refractivity contribution >= 4 is 17.3 Å². The minimum atomic E-state index is -4.44. The molecule has 1 aromatic carbocycles. The zero-order chi connectivity index (χ0) is 12.9. The largest absolute Gasteiger partial charge is 0.417 e. The van der Waals surface area contributed by atoms with Crippen LogP contribution in [-0.4, -0.2) is 19.8 Å². The minimum absolute atomic E-state index is 0.298. The van der Waals surface area contributed by atoms with Gasteiger partial charge in [-0.05, 0) is 25.1 Å². The van der Waals surface area contributed by atoms with Crippen molar-refractivity contribution in [2.24, 2.45) is 0 Å². The van der Waals surface area contributed by atoms with Gasteiger partial charge in [-0.1, -0.05) is 11.6 Å². The number of halogens is 4. The normalized spacial score (nSPS) is 11.6. The molecular weight excluding hydrogens is 255 g/mol. The van der Waals surface area contributed by atoms with Crippen LogP contribution in [0.2, 0.25) is 5.02 Å². The summed E-state index contributed by atoms with van der Waals surface area (Å²) in [5, 5.41) is 2.54. The lowest BCUT2D eigenvalue weighted by Crippen LogP contribution is -2.11. The molecule has 0 spiro atoms. The van der Waals surface area contributed by atoms with Gasteiger partial charge in [0.2, 0.25) is 0 Å². The Kier molecular flexibility index (Phi) is 5.08. The van der Waals surface area contributed by atoms with Crippen molar-refractivity contribution in [3.05, 3.63) is 28.8 Å². The van der Waals surface area contributed by atoms with Gasteiger partial charge in [-0.15, -0.1) is 0 Å². The van der Waals surface area contributed by atoms with Crippen molar-refractivity contribution in [2.45, 2.75) is 13.1 Å². The van der Waals surface area contributed by atoms with Crippen molar-refractivity contribution in [1.29, 1.82) is 0 Å². The predicted molar refractivity (Wildman–Crippen MR) is 61.4 cm³/mol. The molecule has 1 rings (SSSR count). The third-order valence-corrected chi connectivity index (χ3v) is 2.38. The molecular formula is C11H13ClF3NO. The topological polar surface area (TPSA) is 21.3 Å². The van der Waals surface area contributed by atoms with E-state index in [0.717, 1.165) is 6.07 Å². The van der Waals surface area contributed by atoms with Gasteiger partial charge in [0.15, 0.2) is 0 Å². The fraction of sp³-hybridized carbons (Fsp3) is 0.455. The molecule has 0 radical (unpaired) electrons. The van der Waals surface area contributed by atoms with E-state index in [1.807, 2.05) is 6.92 Å². The fourth-order valence-electron chi connectivity index (χ4n) is 1.26. The van der Waals surface area contributed by atoms with Crippen LogP contribution in [0.15, 0.2) is 18.2 Å². The second-order valence-electron chi connectivity index (χ2n) is 3.32. The molecule has 0 unspecified atom stereocenters. The number of rotatable bonds is 5. The standard InChI is InChI=1S/C11H13ClF3NO/c1-2-17-6-5-16-8-3-4-10(12)9(7-8)11(13,14)15/h3-4,7,16H,2,5-6H2,1H3. The zero-order valence-corrected chi connectivity index (χ0v) is 10.0. The first-order valence-electron chi connectivity index (χ1n) is 5.13. The van der Waals surface area contributed by atoms with E-state index in [1.54, 1.807) is 0 Å². The number of alkyl halides is 3. The highest BCUT2D eigenvalue weighted by molar-refractivity contribution is 6.31. The first-order valence-corrected chi connectivity index (χ1v) is 5.51. The Balaban J connectivity index is 2.69. The molecule has 0 saturated carbocycles. The highest BCUT2D eigenvalue weighted by Crippen LogP contribution is 2.36. The van der Waals surface area contributed by atoms with E-state index in [4.69, 9.17) is 16.3 Å². The summed E-state index contributed by atoms with van der Waals surface area (Å²) in [5.41, 5.74) is -0.456. The molecule has 0 aliphatic rings. The van der Waals surface area contributed by atoms with Crippen molar-refractivity contribution in [1.82, 2.24) is 0 Å². The van der Waals surface area contributed by atoms with Gasteiger partial charge in [0, 0.05) is 18.8 Å². The van der Waals surface area contributed by atoms with E-state index < -0.39 is 11.7 Å². The average Bonchev–Trinajstić information content (AvgIpc) is 2.25. The molecule has 0 atom stereocenters. The van der Waals surface area contributed by atoms with E-state index >= 15 is 0 Å². The highest BCUT2D eigenvalue weighted by Gasteiger charge is 2.33. The molecule has 0 amide bonds. The average molecular weight is 268 g/mol. The summed E-state index contributed by atoms with van der Waals surface area (Å²) in [5.74, 6) is 0. The van der Waals surface area contributed by atoms with Gasteiger partial charge in [0.25, 0.3) is 0 Å². The van der Waals surface area contributed by atoms with Crippen LogP contribution in [0.1, 0.15) is 12.5 Å². The van der Waals surface area contributed by atoms with Crippen molar-refractivity contribution < 1.29 is 17.9 Å². The Morgan fingerprint density at radius 1 is 1.35 bits per heavy atom. The van der Waals surface area contributed by atoms with Gasteiger partial charge in [0.05, 0.1) is 17.2 Å². The van der Waals surface area contributed by atoms with Crippen LogP contribution in [0.5, 0.6) is 0 Å². The van der Waals surface area contributed by atoms with E-state index in [-0.39, 0.29) is 5.02 Å². The third kappa shape index (κ3) is 4.44. The Bertz CT molecular complexity index is 368. The van der Waals surface area contributed by atoms with Crippen LogP contribution in [0, 0.1) is 0 Å². The minimum Gasteiger partial charge on any atom is -0.383 e. The van der Waals surface area contributed by atoms with Crippen LogP contribution < -0.4 is 5.32 Å². The van der Waals surface area contributed by atoms with Crippen LogP contribution in [0.3, 0.4) is 0 Å². The second kappa shape index (κ2) is 6.12. The highest BCUT2D eigenvalue weighted by atomic mass is 35.5. The van der Waals surface area contributed by atoms with Gasteiger partial charge < -0.3 is 10.1 Å². The number of anilines is 1. The van der Waals surface area contributed by atoms with Crippen molar-refractivity contribution in [3.8, 4) is 0 Å². The van der Waals surface area contributed by atoms with Gasteiger partial charge in [-0.25, -0.2) is 0 Å². The first-order chi connectivity index (χ1) is 7.95. The third-order valence-electron chi connectivity index (χ3n) is 2.05. The van der Waals surface area contributed by atoms with Crippen LogP contribution in [-0.2, 0) is 10.9 Å². The molecule has 0 aromatic heterocycles. The van der Waals surface area contributed by atoms with E-state index in [9.17, 15) is 13.2 Å². The smallest absolute Gasteiger partial charge is 0.383 e. The van der Waals surface area contributed by atoms with Crippen LogP contribution >= 0.6 is 11.6 Å². The van der Waals surface area contributed by atoms with Crippen LogP contribution in [0.4, 0.5) is 18.9 Å². The maximum atomic E-state index is 12.5. The van der Waals surface area contributed by atoms with Crippen LogP contribution in [0.25, 0.3) is 0 Å². The molecule has 96 valence electrons. The quantitative estimate of drug-likeness (QED) is 0.819. The summed E-state index contributed by atoms with van der Waals surface area (Å²) in [6.07, 6.45) is -4.44. The number of hydrogen-bond donors (Lipinski definition) is 1. The number of ether oxygens (including phenoxy) is 1. The SMILES string of the molecule is CCOCCNc1ccc(Cl)c(C(F)(F)F)c1. The number of nitrogens with one attached hydrogen (secondary N) is 1. The summed E-state index contributed by atoms with van der Waals surface area (Å²) in [6.45, 7) is 3.33. The molecule has 0 aliphatic carbocycles. The Hall–Kier alpha value is -0.940. The van der Waals surface area contributed by atoms with Gasteiger partial charge in [-0.3, -0.25) is 0 Å². The molecule has 0 heterocycles. The summed E-state index contributed by atoms with van der Waals surface area (Å²) < 4.78 is 42.7. The molecule has 17 heavy (non-hydrogen) atoms. The second-order valence-corrected chi connectivity index (χ2v) is 3.72.